The van der Waals surface area contributed by atoms with E-state index in [0.29, 0.717) is 5.56 Å². The van der Waals surface area contributed by atoms with Crippen LogP contribution in [0.25, 0.3) is 0 Å². The zero-order valence-corrected chi connectivity index (χ0v) is 13.1. The SMILES string of the molecule is O=S(=O)(c1ccccc1)C1C(c2ccc(F)cc2)C1(CO)CO. The Balaban J connectivity index is 2.05. The largest absolute Gasteiger partial charge is 0.396 e. The average Bonchev–Trinajstić information content (AvgIpc) is 3.27. The van der Waals surface area contributed by atoms with E-state index >= 15 is 0 Å². The summed E-state index contributed by atoms with van der Waals surface area (Å²) < 4.78 is 38.9. The monoisotopic (exact) mass is 336 g/mol. The third-order valence-corrected chi connectivity index (χ3v) is 6.94. The van der Waals surface area contributed by atoms with Crippen molar-refractivity contribution in [2.75, 3.05) is 13.2 Å². The first-order valence-corrected chi connectivity index (χ1v) is 8.78. The first-order valence-electron chi connectivity index (χ1n) is 7.23. The normalized spacial score (nSPS) is 22.7. The highest BCUT2D eigenvalue weighted by molar-refractivity contribution is 7.92. The van der Waals surface area contributed by atoms with Crippen molar-refractivity contribution in [1.29, 1.82) is 0 Å². The molecule has 0 radical (unpaired) electrons. The van der Waals surface area contributed by atoms with E-state index in [-0.39, 0.29) is 4.90 Å². The van der Waals surface area contributed by atoms with E-state index in [2.05, 4.69) is 0 Å². The molecule has 3 rings (SSSR count). The van der Waals surface area contributed by atoms with Crippen LogP contribution in [0.4, 0.5) is 4.39 Å². The van der Waals surface area contributed by atoms with Gasteiger partial charge in [-0.05, 0) is 29.8 Å². The lowest BCUT2D eigenvalue weighted by molar-refractivity contribution is 0.130. The summed E-state index contributed by atoms with van der Waals surface area (Å²) in [4.78, 5) is 0.154. The molecule has 4 nitrogen and oxygen atoms in total. The molecular formula is C17H17FO4S. The Morgan fingerprint density at radius 2 is 1.52 bits per heavy atom. The summed E-state index contributed by atoms with van der Waals surface area (Å²) in [6.07, 6.45) is 0. The van der Waals surface area contributed by atoms with E-state index in [1.54, 1.807) is 18.2 Å². The van der Waals surface area contributed by atoms with Gasteiger partial charge in [-0.25, -0.2) is 12.8 Å². The second-order valence-electron chi connectivity index (χ2n) is 5.86. The van der Waals surface area contributed by atoms with Crippen molar-refractivity contribution >= 4 is 9.84 Å². The molecule has 23 heavy (non-hydrogen) atoms. The maximum absolute atomic E-state index is 13.1. The summed E-state index contributed by atoms with van der Waals surface area (Å²) in [6, 6.07) is 13.5. The van der Waals surface area contributed by atoms with Crippen LogP contribution in [0.2, 0.25) is 0 Å². The van der Waals surface area contributed by atoms with Gasteiger partial charge in [-0.3, -0.25) is 0 Å². The molecule has 1 fully saturated rings. The van der Waals surface area contributed by atoms with E-state index in [9.17, 15) is 23.0 Å². The van der Waals surface area contributed by atoms with Crippen molar-refractivity contribution in [2.24, 2.45) is 5.41 Å². The van der Waals surface area contributed by atoms with Crippen LogP contribution in [0.3, 0.4) is 0 Å². The standard InChI is InChI=1S/C17H17FO4S/c18-13-8-6-12(7-9-13)15-16(17(15,10-19)11-20)23(21,22)14-4-2-1-3-5-14/h1-9,15-16,19-20H,10-11H2. The molecule has 0 saturated heterocycles. The zero-order valence-electron chi connectivity index (χ0n) is 12.3. The smallest absolute Gasteiger partial charge is 0.182 e. The first kappa shape index (κ1) is 16.1. The van der Waals surface area contributed by atoms with Crippen LogP contribution in [0, 0.1) is 11.2 Å². The molecule has 2 aromatic rings. The van der Waals surface area contributed by atoms with Crippen molar-refractivity contribution in [3.8, 4) is 0 Å². The summed E-state index contributed by atoms with van der Waals surface area (Å²) in [5, 5.41) is 18.5. The second-order valence-corrected chi connectivity index (χ2v) is 7.93. The molecule has 0 aliphatic heterocycles. The second kappa shape index (κ2) is 5.70. The summed E-state index contributed by atoms with van der Waals surface area (Å²) in [6.45, 7) is -0.912. The molecule has 2 atom stereocenters. The van der Waals surface area contributed by atoms with Gasteiger partial charge < -0.3 is 10.2 Å². The highest BCUT2D eigenvalue weighted by Crippen LogP contribution is 2.63. The maximum Gasteiger partial charge on any atom is 0.182 e. The van der Waals surface area contributed by atoms with Crippen molar-refractivity contribution in [2.45, 2.75) is 16.1 Å². The van der Waals surface area contributed by atoms with Crippen LogP contribution in [0.5, 0.6) is 0 Å². The molecule has 0 aromatic heterocycles. The molecule has 0 amide bonds. The molecule has 1 aliphatic carbocycles. The summed E-state index contributed by atoms with van der Waals surface area (Å²) in [5.41, 5.74) is -0.550. The summed E-state index contributed by atoms with van der Waals surface area (Å²) >= 11 is 0. The number of rotatable bonds is 5. The van der Waals surface area contributed by atoms with E-state index in [0.717, 1.165) is 0 Å². The third kappa shape index (κ3) is 2.47. The molecule has 2 aromatic carbocycles. The van der Waals surface area contributed by atoms with Crippen LogP contribution >= 0.6 is 0 Å². The molecule has 2 unspecified atom stereocenters. The average molecular weight is 336 g/mol. The van der Waals surface area contributed by atoms with Gasteiger partial charge in [0.2, 0.25) is 0 Å². The Kier molecular flexibility index (Phi) is 4.00. The topological polar surface area (TPSA) is 74.6 Å². The Hall–Kier alpha value is -1.76. The van der Waals surface area contributed by atoms with Gasteiger partial charge in [0.1, 0.15) is 5.82 Å². The number of hydrogen-bond acceptors (Lipinski definition) is 4. The van der Waals surface area contributed by atoms with Gasteiger partial charge in [-0.15, -0.1) is 0 Å². The van der Waals surface area contributed by atoms with E-state index < -0.39 is 45.5 Å². The molecule has 1 aliphatic rings. The van der Waals surface area contributed by atoms with Gasteiger partial charge in [-0.2, -0.15) is 0 Å². The number of benzene rings is 2. The quantitative estimate of drug-likeness (QED) is 0.872. The number of aliphatic hydroxyl groups is 2. The lowest BCUT2D eigenvalue weighted by Gasteiger charge is -2.11. The molecule has 0 bridgehead atoms. The highest BCUT2D eigenvalue weighted by Gasteiger charge is 2.70. The van der Waals surface area contributed by atoms with Gasteiger partial charge >= 0.3 is 0 Å². The molecule has 0 spiro atoms. The molecule has 6 heteroatoms. The Morgan fingerprint density at radius 1 is 0.957 bits per heavy atom. The van der Waals surface area contributed by atoms with Crippen LogP contribution in [-0.4, -0.2) is 37.1 Å². The van der Waals surface area contributed by atoms with Crippen LogP contribution < -0.4 is 0 Å². The minimum atomic E-state index is -3.72. The predicted molar refractivity (Wildman–Crippen MR) is 83.2 cm³/mol. The maximum atomic E-state index is 13.1. The minimum absolute atomic E-state index is 0.154. The Bertz CT molecular complexity index is 783. The van der Waals surface area contributed by atoms with Gasteiger partial charge in [0.15, 0.2) is 9.84 Å². The van der Waals surface area contributed by atoms with Gasteiger partial charge in [-0.1, -0.05) is 30.3 Å². The Morgan fingerprint density at radius 3 is 2.04 bits per heavy atom. The molecule has 1 saturated carbocycles. The van der Waals surface area contributed by atoms with Crippen molar-refractivity contribution in [1.82, 2.24) is 0 Å². The predicted octanol–water partition coefficient (Wildman–Crippen LogP) is 1.74. The highest BCUT2D eigenvalue weighted by atomic mass is 32.2. The third-order valence-electron chi connectivity index (χ3n) is 4.60. The van der Waals surface area contributed by atoms with Crippen molar-refractivity contribution in [3.05, 3.63) is 66.0 Å². The van der Waals surface area contributed by atoms with Crippen molar-refractivity contribution in [3.63, 3.8) is 0 Å². The van der Waals surface area contributed by atoms with Crippen LogP contribution in [0.15, 0.2) is 59.5 Å². The van der Waals surface area contributed by atoms with Gasteiger partial charge in [0, 0.05) is 11.3 Å². The number of aliphatic hydroxyl groups excluding tert-OH is 2. The van der Waals surface area contributed by atoms with Crippen molar-refractivity contribution < 1.29 is 23.0 Å². The molecule has 122 valence electrons. The first-order chi connectivity index (χ1) is 11.0. The van der Waals surface area contributed by atoms with Crippen LogP contribution in [-0.2, 0) is 9.84 Å². The Labute approximate surface area is 134 Å². The molecule has 0 heterocycles. The van der Waals surface area contributed by atoms with E-state index in [1.807, 2.05) is 0 Å². The fourth-order valence-corrected chi connectivity index (χ4v) is 5.75. The van der Waals surface area contributed by atoms with Crippen LogP contribution in [0.1, 0.15) is 11.5 Å². The zero-order chi connectivity index (χ0) is 16.7. The lowest BCUT2D eigenvalue weighted by atomic mass is 10.0. The minimum Gasteiger partial charge on any atom is -0.396 e. The fourth-order valence-electron chi connectivity index (χ4n) is 3.30. The number of halogens is 1. The fraction of sp³-hybridized carbons (Fsp3) is 0.294. The lowest BCUT2D eigenvalue weighted by Crippen LogP contribution is -2.22. The molecular weight excluding hydrogens is 319 g/mol. The van der Waals surface area contributed by atoms with E-state index in [4.69, 9.17) is 0 Å². The van der Waals surface area contributed by atoms with Gasteiger partial charge in [0.05, 0.1) is 23.4 Å². The van der Waals surface area contributed by atoms with Gasteiger partial charge in [0.25, 0.3) is 0 Å². The van der Waals surface area contributed by atoms with E-state index in [1.165, 1.54) is 36.4 Å². The summed E-state index contributed by atoms with van der Waals surface area (Å²) in [7, 11) is -3.72. The number of hydrogen-bond donors (Lipinski definition) is 2. The molecule has 2 N–H and O–H groups in total. The number of sulfone groups is 1. The summed E-state index contributed by atoms with van der Waals surface area (Å²) in [5.74, 6) is -0.987.